The van der Waals surface area contributed by atoms with Gasteiger partial charge in [0.2, 0.25) is 11.8 Å². The molecule has 6 heteroatoms. The quantitative estimate of drug-likeness (QED) is 0.730. The molecule has 3 unspecified atom stereocenters. The molecule has 1 aromatic carbocycles. The zero-order valence-electron chi connectivity index (χ0n) is 16.9. The third-order valence-electron chi connectivity index (χ3n) is 6.02. The molecule has 3 atom stereocenters. The number of likely N-dealkylation sites (tertiary alicyclic amines) is 1. The van der Waals surface area contributed by atoms with Gasteiger partial charge in [0.25, 0.3) is 0 Å². The molecule has 2 amide bonds. The molecule has 0 aliphatic carbocycles. The molecular weight excluding hydrogens is 374 g/mol. The van der Waals surface area contributed by atoms with Crippen molar-refractivity contribution in [2.75, 3.05) is 26.2 Å². The smallest absolute Gasteiger partial charge is 0.222 e. The summed E-state index contributed by atoms with van der Waals surface area (Å²) in [6.07, 6.45) is 5.19. The lowest BCUT2D eigenvalue weighted by Gasteiger charge is -2.28. The van der Waals surface area contributed by atoms with Gasteiger partial charge in [-0.25, -0.2) is 0 Å². The average Bonchev–Trinajstić information content (AvgIpc) is 3.16. The zero-order chi connectivity index (χ0) is 19.1. The number of nitrogens with zero attached hydrogens (tertiary/aromatic N) is 1. The van der Waals surface area contributed by atoms with Gasteiger partial charge in [-0.1, -0.05) is 37.3 Å². The lowest BCUT2D eigenvalue weighted by atomic mass is 9.85. The van der Waals surface area contributed by atoms with Crippen molar-refractivity contribution < 1.29 is 9.59 Å². The van der Waals surface area contributed by atoms with Gasteiger partial charge in [0.05, 0.1) is 0 Å². The van der Waals surface area contributed by atoms with Gasteiger partial charge in [-0.2, -0.15) is 0 Å². The lowest BCUT2D eigenvalue weighted by molar-refractivity contribution is -0.130. The van der Waals surface area contributed by atoms with Crippen LogP contribution in [0.2, 0.25) is 0 Å². The van der Waals surface area contributed by atoms with E-state index in [4.69, 9.17) is 0 Å². The molecule has 2 aliphatic heterocycles. The van der Waals surface area contributed by atoms with Gasteiger partial charge >= 0.3 is 0 Å². The summed E-state index contributed by atoms with van der Waals surface area (Å²) >= 11 is 0. The first-order chi connectivity index (χ1) is 13.1. The number of halogens is 1. The van der Waals surface area contributed by atoms with Crippen LogP contribution >= 0.6 is 12.4 Å². The van der Waals surface area contributed by atoms with Crippen molar-refractivity contribution in [1.82, 2.24) is 15.5 Å². The van der Waals surface area contributed by atoms with E-state index in [1.807, 2.05) is 23.1 Å². The van der Waals surface area contributed by atoms with Crippen LogP contribution in [0.3, 0.4) is 0 Å². The zero-order valence-corrected chi connectivity index (χ0v) is 17.7. The number of piperidine rings is 1. The lowest BCUT2D eigenvalue weighted by Crippen LogP contribution is -2.40. The van der Waals surface area contributed by atoms with Gasteiger partial charge in [-0.3, -0.25) is 9.59 Å². The van der Waals surface area contributed by atoms with Crippen LogP contribution in [0.1, 0.15) is 44.6 Å². The monoisotopic (exact) mass is 407 g/mol. The fraction of sp³-hybridized carbons (Fsp3) is 0.636. The fourth-order valence-corrected chi connectivity index (χ4v) is 4.27. The van der Waals surface area contributed by atoms with Crippen LogP contribution in [0, 0.1) is 11.8 Å². The molecule has 0 saturated carbocycles. The molecule has 2 heterocycles. The van der Waals surface area contributed by atoms with Crippen LogP contribution in [0.5, 0.6) is 0 Å². The summed E-state index contributed by atoms with van der Waals surface area (Å²) in [7, 11) is 0. The fourth-order valence-electron chi connectivity index (χ4n) is 4.27. The average molecular weight is 408 g/mol. The molecule has 3 rings (SSSR count). The summed E-state index contributed by atoms with van der Waals surface area (Å²) < 4.78 is 0. The maximum Gasteiger partial charge on any atom is 0.222 e. The van der Waals surface area contributed by atoms with E-state index in [-0.39, 0.29) is 30.3 Å². The highest BCUT2D eigenvalue weighted by molar-refractivity contribution is 5.85. The third-order valence-corrected chi connectivity index (χ3v) is 6.02. The molecule has 28 heavy (non-hydrogen) atoms. The SMILES string of the molecule is CC(CC(=O)NC1CCN(C(=O)CCc2ccccc2)C1)C1CCCNC1.Cl. The normalized spacial score (nSPS) is 23.0. The number of amides is 2. The van der Waals surface area contributed by atoms with E-state index in [2.05, 4.69) is 29.7 Å². The van der Waals surface area contributed by atoms with E-state index in [1.54, 1.807) is 0 Å². The van der Waals surface area contributed by atoms with Crippen LogP contribution in [-0.4, -0.2) is 48.9 Å². The number of carbonyl (C=O) groups is 2. The Bertz CT molecular complexity index is 619. The molecule has 2 N–H and O–H groups in total. The van der Waals surface area contributed by atoms with E-state index in [0.717, 1.165) is 32.5 Å². The molecule has 2 aliphatic rings. The molecular formula is C22H34ClN3O2. The standard InChI is InChI=1S/C22H33N3O2.ClH/c1-17(19-8-5-12-23-15-19)14-21(26)24-20-11-13-25(16-20)22(27)10-9-18-6-3-2-4-7-18;/h2-4,6-7,17,19-20,23H,5,8-16H2,1H3,(H,24,26);1H. The highest BCUT2D eigenvalue weighted by Gasteiger charge is 2.28. The minimum atomic E-state index is 0. The second-order valence-corrected chi connectivity index (χ2v) is 8.17. The number of aryl methyl sites for hydroxylation is 1. The van der Waals surface area contributed by atoms with Crippen molar-refractivity contribution in [3.63, 3.8) is 0 Å². The van der Waals surface area contributed by atoms with E-state index < -0.39 is 0 Å². The highest BCUT2D eigenvalue weighted by atomic mass is 35.5. The second-order valence-electron chi connectivity index (χ2n) is 8.17. The van der Waals surface area contributed by atoms with E-state index in [1.165, 1.54) is 18.4 Å². The molecule has 1 aromatic rings. The number of hydrogen-bond acceptors (Lipinski definition) is 3. The molecule has 156 valence electrons. The minimum absolute atomic E-state index is 0. The topological polar surface area (TPSA) is 61.4 Å². The van der Waals surface area contributed by atoms with Crippen molar-refractivity contribution in [3.8, 4) is 0 Å². The van der Waals surface area contributed by atoms with Gasteiger partial charge in [0, 0.05) is 32.0 Å². The Morgan fingerprint density at radius 2 is 2.04 bits per heavy atom. The van der Waals surface area contributed by atoms with Crippen molar-refractivity contribution in [2.24, 2.45) is 11.8 Å². The van der Waals surface area contributed by atoms with Crippen LogP contribution in [0.4, 0.5) is 0 Å². The van der Waals surface area contributed by atoms with E-state index in [0.29, 0.717) is 31.2 Å². The maximum atomic E-state index is 12.4. The largest absolute Gasteiger partial charge is 0.352 e. The second kappa shape index (κ2) is 11.4. The van der Waals surface area contributed by atoms with Crippen molar-refractivity contribution >= 4 is 24.2 Å². The highest BCUT2D eigenvalue weighted by Crippen LogP contribution is 2.22. The first kappa shape index (κ1) is 22.7. The molecule has 2 saturated heterocycles. The van der Waals surface area contributed by atoms with Gasteiger partial charge in [-0.15, -0.1) is 12.4 Å². The Hall–Kier alpha value is -1.59. The summed E-state index contributed by atoms with van der Waals surface area (Å²) in [4.78, 5) is 26.8. The molecule has 0 bridgehead atoms. The first-order valence-electron chi connectivity index (χ1n) is 10.4. The summed E-state index contributed by atoms with van der Waals surface area (Å²) in [5, 5.41) is 6.58. The Morgan fingerprint density at radius 3 is 2.75 bits per heavy atom. The van der Waals surface area contributed by atoms with Crippen LogP contribution in [-0.2, 0) is 16.0 Å². The maximum absolute atomic E-state index is 12.4. The molecule has 5 nitrogen and oxygen atoms in total. The van der Waals surface area contributed by atoms with Crippen molar-refractivity contribution in [1.29, 1.82) is 0 Å². The minimum Gasteiger partial charge on any atom is -0.352 e. The summed E-state index contributed by atoms with van der Waals surface area (Å²) in [6, 6.07) is 10.2. The van der Waals surface area contributed by atoms with Crippen LogP contribution < -0.4 is 10.6 Å². The molecule has 2 fully saturated rings. The molecule has 0 aromatic heterocycles. The van der Waals surface area contributed by atoms with Crippen molar-refractivity contribution in [3.05, 3.63) is 35.9 Å². The van der Waals surface area contributed by atoms with E-state index >= 15 is 0 Å². The van der Waals surface area contributed by atoms with Gasteiger partial charge in [0.1, 0.15) is 0 Å². The summed E-state index contributed by atoms with van der Waals surface area (Å²) in [5.41, 5.74) is 1.20. The Labute approximate surface area is 175 Å². The number of benzene rings is 1. The molecule has 0 spiro atoms. The van der Waals surface area contributed by atoms with Crippen molar-refractivity contribution in [2.45, 2.75) is 51.5 Å². The Balaban J connectivity index is 0.00000280. The number of hydrogen-bond donors (Lipinski definition) is 2. The number of rotatable bonds is 7. The third kappa shape index (κ3) is 6.78. The summed E-state index contributed by atoms with van der Waals surface area (Å²) in [6.45, 7) is 5.72. The summed E-state index contributed by atoms with van der Waals surface area (Å²) in [5.74, 6) is 1.33. The Morgan fingerprint density at radius 1 is 1.25 bits per heavy atom. The number of carbonyl (C=O) groups excluding carboxylic acids is 2. The predicted octanol–water partition coefficient (Wildman–Crippen LogP) is 2.78. The molecule has 0 radical (unpaired) electrons. The predicted molar refractivity (Wildman–Crippen MR) is 115 cm³/mol. The van der Waals surface area contributed by atoms with Gasteiger partial charge in [0.15, 0.2) is 0 Å². The van der Waals surface area contributed by atoms with Crippen LogP contribution in [0.25, 0.3) is 0 Å². The van der Waals surface area contributed by atoms with Gasteiger partial charge in [-0.05, 0) is 56.2 Å². The van der Waals surface area contributed by atoms with Crippen LogP contribution in [0.15, 0.2) is 30.3 Å². The Kier molecular flexibility index (Phi) is 9.26. The number of nitrogens with one attached hydrogen (secondary N) is 2. The van der Waals surface area contributed by atoms with E-state index in [9.17, 15) is 9.59 Å². The first-order valence-corrected chi connectivity index (χ1v) is 10.4. The van der Waals surface area contributed by atoms with Gasteiger partial charge < -0.3 is 15.5 Å².